The zero-order valence-electron chi connectivity index (χ0n) is 12.6. The zero-order valence-corrected chi connectivity index (χ0v) is 12.6. The molecule has 0 heterocycles. The molecule has 0 amide bonds. The number of hydrogen-bond acceptors (Lipinski definition) is 1. The van der Waals surface area contributed by atoms with E-state index < -0.39 is 0 Å². The Kier molecular flexibility index (Phi) is 4.51. The van der Waals surface area contributed by atoms with Crippen LogP contribution in [0.5, 0.6) is 0 Å². The van der Waals surface area contributed by atoms with E-state index in [9.17, 15) is 5.11 Å². The van der Waals surface area contributed by atoms with Gasteiger partial charge in [0.2, 0.25) is 0 Å². The van der Waals surface area contributed by atoms with Crippen LogP contribution in [0.1, 0.15) is 89.9 Å². The fraction of sp³-hybridized carbons (Fsp3) is 1.00. The summed E-state index contributed by atoms with van der Waals surface area (Å²) in [5, 5.41) is 10.9. The van der Waals surface area contributed by atoms with Crippen LogP contribution in [0.25, 0.3) is 0 Å². The Morgan fingerprint density at radius 1 is 0.579 bits per heavy atom. The van der Waals surface area contributed by atoms with Crippen LogP contribution in [0.4, 0.5) is 0 Å². The van der Waals surface area contributed by atoms with Gasteiger partial charge in [0, 0.05) is 0 Å². The van der Waals surface area contributed by atoms with E-state index in [1.165, 1.54) is 77.0 Å². The molecule has 0 atom stereocenters. The predicted molar refractivity (Wildman–Crippen MR) is 80.1 cm³/mol. The molecule has 3 rings (SSSR count). The Hall–Kier alpha value is -0.0400. The molecule has 0 radical (unpaired) electrons. The number of rotatable bonds is 2. The Morgan fingerprint density at radius 2 is 1.11 bits per heavy atom. The van der Waals surface area contributed by atoms with Gasteiger partial charge in [-0.25, -0.2) is 0 Å². The fourth-order valence-electron chi connectivity index (χ4n) is 5.31. The lowest BCUT2D eigenvalue weighted by Gasteiger charge is -2.44. The molecule has 0 aromatic heterocycles. The smallest absolute Gasteiger partial charge is 0.0675 e. The second-order valence-corrected chi connectivity index (χ2v) is 7.67. The third-order valence-electron chi connectivity index (χ3n) is 6.57. The molecule has 0 spiro atoms. The largest absolute Gasteiger partial charge is 0.390 e. The maximum atomic E-state index is 10.9. The highest BCUT2D eigenvalue weighted by atomic mass is 16.3. The van der Waals surface area contributed by atoms with E-state index >= 15 is 0 Å². The molecule has 0 saturated heterocycles. The van der Waals surface area contributed by atoms with Crippen molar-refractivity contribution in [2.75, 3.05) is 0 Å². The van der Waals surface area contributed by atoms with Crippen molar-refractivity contribution in [3.05, 3.63) is 0 Å². The molecule has 1 heteroatoms. The lowest BCUT2D eigenvalue weighted by atomic mass is 9.65. The van der Waals surface area contributed by atoms with Gasteiger partial charge in [-0.1, -0.05) is 51.4 Å². The van der Waals surface area contributed by atoms with Crippen LogP contribution >= 0.6 is 0 Å². The summed E-state index contributed by atoms with van der Waals surface area (Å²) in [5.41, 5.74) is -0.268. The van der Waals surface area contributed by atoms with Crippen LogP contribution in [-0.2, 0) is 0 Å². The molecular formula is C18H32O. The van der Waals surface area contributed by atoms with Crippen molar-refractivity contribution in [2.45, 2.75) is 95.5 Å². The van der Waals surface area contributed by atoms with Crippen molar-refractivity contribution in [2.24, 2.45) is 17.8 Å². The average Bonchev–Trinajstić information content (AvgIpc) is 2.49. The first-order valence-corrected chi connectivity index (χ1v) is 9.00. The van der Waals surface area contributed by atoms with E-state index in [-0.39, 0.29) is 5.60 Å². The molecule has 0 bridgehead atoms. The minimum atomic E-state index is -0.268. The minimum absolute atomic E-state index is 0.268. The van der Waals surface area contributed by atoms with Crippen LogP contribution < -0.4 is 0 Å². The van der Waals surface area contributed by atoms with Gasteiger partial charge in [-0.2, -0.15) is 0 Å². The Bertz CT molecular complexity index is 265. The molecule has 3 fully saturated rings. The van der Waals surface area contributed by atoms with Gasteiger partial charge in [0.05, 0.1) is 5.60 Å². The van der Waals surface area contributed by atoms with Crippen molar-refractivity contribution in [1.82, 2.24) is 0 Å². The monoisotopic (exact) mass is 264 g/mol. The van der Waals surface area contributed by atoms with Crippen LogP contribution in [0.2, 0.25) is 0 Å². The molecule has 3 aliphatic carbocycles. The minimum Gasteiger partial charge on any atom is -0.390 e. The second-order valence-electron chi connectivity index (χ2n) is 7.67. The van der Waals surface area contributed by atoms with Gasteiger partial charge in [0.25, 0.3) is 0 Å². The van der Waals surface area contributed by atoms with E-state index in [0.29, 0.717) is 5.92 Å². The molecule has 110 valence electrons. The highest BCUT2D eigenvalue weighted by Gasteiger charge is 2.40. The summed E-state index contributed by atoms with van der Waals surface area (Å²) in [6, 6.07) is 0. The second kappa shape index (κ2) is 6.16. The summed E-state index contributed by atoms with van der Waals surface area (Å²) >= 11 is 0. The standard InChI is InChI=1S/C18H32O/c19-18(13-5-2-6-14-18)17-11-9-16(10-12-17)15-7-3-1-4-8-15/h15-17,19H,1-14H2/t16-,17-. The molecule has 0 aliphatic heterocycles. The highest BCUT2D eigenvalue weighted by Crippen LogP contribution is 2.46. The average molecular weight is 264 g/mol. The van der Waals surface area contributed by atoms with Crippen molar-refractivity contribution >= 4 is 0 Å². The summed E-state index contributed by atoms with van der Waals surface area (Å²) in [4.78, 5) is 0. The maximum Gasteiger partial charge on any atom is 0.0675 e. The highest BCUT2D eigenvalue weighted by molar-refractivity contribution is 4.92. The first-order valence-electron chi connectivity index (χ1n) is 9.00. The van der Waals surface area contributed by atoms with E-state index in [1.54, 1.807) is 0 Å². The summed E-state index contributed by atoms with van der Waals surface area (Å²) in [6.45, 7) is 0. The van der Waals surface area contributed by atoms with Crippen LogP contribution in [0, 0.1) is 17.8 Å². The summed E-state index contributed by atoms with van der Waals surface area (Å²) in [5.74, 6) is 2.67. The Labute approximate surface area is 119 Å². The van der Waals surface area contributed by atoms with Gasteiger partial charge in [-0.3, -0.25) is 0 Å². The van der Waals surface area contributed by atoms with Gasteiger partial charge in [-0.15, -0.1) is 0 Å². The van der Waals surface area contributed by atoms with Crippen LogP contribution in [0.3, 0.4) is 0 Å². The van der Waals surface area contributed by atoms with Gasteiger partial charge in [0.15, 0.2) is 0 Å². The normalized spacial score (nSPS) is 37.1. The van der Waals surface area contributed by atoms with E-state index in [4.69, 9.17) is 0 Å². The van der Waals surface area contributed by atoms with Gasteiger partial charge in [-0.05, 0) is 56.3 Å². The number of hydrogen-bond donors (Lipinski definition) is 1. The molecule has 0 aromatic rings. The molecule has 1 nitrogen and oxygen atoms in total. The molecule has 3 aliphatic rings. The maximum absolute atomic E-state index is 10.9. The Balaban J connectivity index is 1.51. The lowest BCUT2D eigenvalue weighted by molar-refractivity contribution is -0.0684. The van der Waals surface area contributed by atoms with Gasteiger partial charge in [0.1, 0.15) is 0 Å². The first kappa shape index (κ1) is 13.9. The fourth-order valence-corrected chi connectivity index (χ4v) is 5.31. The topological polar surface area (TPSA) is 20.2 Å². The van der Waals surface area contributed by atoms with Gasteiger partial charge >= 0.3 is 0 Å². The van der Waals surface area contributed by atoms with Crippen LogP contribution in [-0.4, -0.2) is 10.7 Å². The summed E-state index contributed by atoms with van der Waals surface area (Å²) < 4.78 is 0. The van der Waals surface area contributed by atoms with Crippen molar-refractivity contribution in [1.29, 1.82) is 0 Å². The molecule has 3 saturated carbocycles. The summed E-state index contributed by atoms with van der Waals surface area (Å²) in [6.07, 6.45) is 19.0. The SMILES string of the molecule is OC1([C@H]2CC[C@H](C3CCCCC3)CC2)CCCCC1. The Morgan fingerprint density at radius 3 is 1.74 bits per heavy atom. The zero-order chi connectivity index (χ0) is 13.1. The number of aliphatic hydroxyl groups is 1. The van der Waals surface area contributed by atoms with E-state index in [2.05, 4.69) is 0 Å². The molecule has 0 aromatic carbocycles. The van der Waals surface area contributed by atoms with E-state index in [0.717, 1.165) is 24.7 Å². The van der Waals surface area contributed by atoms with E-state index in [1.807, 2.05) is 0 Å². The quantitative estimate of drug-likeness (QED) is 0.738. The summed E-state index contributed by atoms with van der Waals surface area (Å²) in [7, 11) is 0. The molecule has 0 unspecified atom stereocenters. The first-order chi connectivity index (χ1) is 9.28. The third kappa shape index (κ3) is 3.17. The van der Waals surface area contributed by atoms with Crippen molar-refractivity contribution in [3.63, 3.8) is 0 Å². The van der Waals surface area contributed by atoms with Crippen LogP contribution in [0.15, 0.2) is 0 Å². The van der Waals surface area contributed by atoms with Crippen molar-refractivity contribution in [3.8, 4) is 0 Å². The lowest BCUT2D eigenvalue weighted by Crippen LogP contribution is -2.42. The molecule has 1 N–H and O–H groups in total. The van der Waals surface area contributed by atoms with Gasteiger partial charge < -0.3 is 5.11 Å². The molecule has 19 heavy (non-hydrogen) atoms. The van der Waals surface area contributed by atoms with Crippen molar-refractivity contribution < 1.29 is 5.11 Å². The predicted octanol–water partition coefficient (Wildman–Crippen LogP) is 5.07. The third-order valence-corrected chi connectivity index (χ3v) is 6.57. The molecular weight excluding hydrogens is 232 g/mol.